The van der Waals surface area contributed by atoms with E-state index >= 15 is 0 Å². The molecule has 1 aromatic carbocycles. The second kappa shape index (κ2) is 5.82. The second-order valence-corrected chi connectivity index (χ2v) is 5.19. The van der Waals surface area contributed by atoms with Crippen LogP contribution < -0.4 is 0 Å². The standard InChI is InChI=1S/C12H12ClIN2O/c1-8-4-2-5-9(11(8)14)12-16-15-10(17-12)6-3-7-13/h2,4-5H,3,6-7H2,1H3. The molecule has 2 rings (SSSR count). The Morgan fingerprint density at radius 2 is 2.18 bits per heavy atom. The molecular weight excluding hydrogens is 351 g/mol. The topological polar surface area (TPSA) is 38.9 Å². The molecular formula is C12H12ClIN2O. The Morgan fingerprint density at radius 1 is 1.35 bits per heavy atom. The summed E-state index contributed by atoms with van der Waals surface area (Å²) in [5.41, 5.74) is 2.21. The summed E-state index contributed by atoms with van der Waals surface area (Å²) >= 11 is 7.93. The molecule has 0 unspecified atom stereocenters. The third-order valence-corrected chi connectivity index (χ3v) is 4.11. The molecule has 0 N–H and O–H groups in total. The Labute approximate surface area is 119 Å². The number of halogens is 2. The first kappa shape index (κ1) is 12.8. The van der Waals surface area contributed by atoms with Crippen molar-refractivity contribution in [2.75, 3.05) is 5.88 Å². The van der Waals surface area contributed by atoms with Gasteiger partial charge in [0.25, 0.3) is 0 Å². The Hall–Kier alpha value is -0.620. The first-order valence-corrected chi connectivity index (χ1v) is 6.97. The fraction of sp³-hybridized carbons (Fsp3) is 0.333. The Bertz CT molecular complexity index is 513. The number of hydrogen-bond acceptors (Lipinski definition) is 3. The first-order valence-electron chi connectivity index (χ1n) is 5.36. The van der Waals surface area contributed by atoms with Crippen molar-refractivity contribution in [3.05, 3.63) is 33.2 Å². The molecule has 90 valence electrons. The van der Waals surface area contributed by atoms with Crippen LogP contribution in [0.3, 0.4) is 0 Å². The van der Waals surface area contributed by atoms with Crippen LogP contribution in [0.1, 0.15) is 17.9 Å². The molecule has 0 saturated heterocycles. The van der Waals surface area contributed by atoms with Crippen LogP contribution in [0.25, 0.3) is 11.5 Å². The van der Waals surface area contributed by atoms with Gasteiger partial charge in [-0.15, -0.1) is 21.8 Å². The lowest BCUT2D eigenvalue weighted by Gasteiger charge is -2.01. The van der Waals surface area contributed by atoms with Gasteiger partial charge in [-0.1, -0.05) is 12.1 Å². The largest absolute Gasteiger partial charge is 0.421 e. The molecule has 0 spiro atoms. The molecule has 1 aromatic heterocycles. The fourth-order valence-electron chi connectivity index (χ4n) is 1.49. The van der Waals surface area contributed by atoms with E-state index in [1.807, 2.05) is 12.1 Å². The lowest BCUT2D eigenvalue weighted by atomic mass is 10.1. The molecule has 0 aliphatic heterocycles. The number of nitrogens with zero attached hydrogens (tertiary/aromatic N) is 2. The van der Waals surface area contributed by atoms with Gasteiger partial charge in [0.1, 0.15) is 0 Å². The zero-order valence-corrected chi connectivity index (χ0v) is 12.3. The summed E-state index contributed by atoms with van der Waals surface area (Å²) in [6.45, 7) is 2.07. The predicted molar refractivity (Wildman–Crippen MR) is 76.2 cm³/mol. The van der Waals surface area contributed by atoms with E-state index in [1.165, 1.54) is 5.56 Å². The van der Waals surface area contributed by atoms with Gasteiger partial charge in [0, 0.05) is 15.9 Å². The molecule has 5 heteroatoms. The SMILES string of the molecule is Cc1cccc(-c2nnc(CCCCl)o2)c1I. The third kappa shape index (κ3) is 2.98. The highest BCUT2D eigenvalue weighted by atomic mass is 127. The summed E-state index contributed by atoms with van der Waals surface area (Å²) in [6, 6.07) is 6.05. The maximum absolute atomic E-state index is 5.63. The van der Waals surface area contributed by atoms with Crippen molar-refractivity contribution in [2.24, 2.45) is 0 Å². The highest BCUT2D eigenvalue weighted by Crippen LogP contribution is 2.26. The number of alkyl halides is 1. The maximum Gasteiger partial charge on any atom is 0.248 e. The summed E-state index contributed by atoms with van der Waals surface area (Å²) in [6.07, 6.45) is 1.59. The second-order valence-electron chi connectivity index (χ2n) is 3.73. The van der Waals surface area contributed by atoms with Crippen molar-refractivity contribution in [1.82, 2.24) is 10.2 Å². The number of rotatable bonds is 4. The summed E-state index contributed by atoms with van der Waals surface area (Å²) in [5.74, 6) is 1.85. The Balaban J connectivity index is 2.27. The van der Waals surface area contributed by atoms with E-state index in [9.17, 15) is 0 Å². The van der Waals surface area contributed by atoms with E-state index in [0.29, 0.717) is 17.7 Å². The number of aromatic nitrogens is 2. The Kier molecular flexibility index (Phi) is 4.39. The van der Waals surface area contributed by atoms with Crippen LogP contribution >= 0.6 is 34.2 Å². The monoisotopic (exact) mass is 362 g/mol. The quantitative estimate of drug-likeness (QED) is 0.613. The van der Waals surface area contributed by atoms with Crippen molar-refractivity contribution >= 4 is 34.2 Å². The number of hydrogen-bond donors (Lipinski definition) is 0. The van der Waals surface area contributed by atoms with Crippen LogP contribution in [0.15, 0.2) is 22.6 Å². The van der Waals surface area contributed by atoms with Crippen LogP contribution in [0.4, 0.5) is 0 Å². The van der Waals surface area contributed by atoms with Gasteiger partial charge in [-0.05, 0) is 47.6 Å². The molecule has 0 amide bonds. The van der Waals surface area contributed by atoms with Crippen molar-refractivity contribution in [2.45, 2.75) is 19.8 Å². The highest BCUT2D eigenvalue weighted by molar-refractivity contribution is 14.1. The van der Waals surface area contributed by atoms with E-state index in [1.54, 1.807) is 0 Å². The molecule has 0 aliphatic rings. The van der Waals surface area contributed by atoms with Gasteiger partial charge >= 0.3 is 0 Å². The highest BCUT2D eigenvalue weighted by Gasteiger charge is 2.12. The average Bonchev–Trinajstić information content (AvgIpc) is 2.78. The van der Waals surface area contributed by atoms with Crippen LogP contribution in [-0.2, 0) is 6.42 Å². The smallest absolute Gasteiger partial charge is 0.248 e. The van der Waals surface area contributed by atoms with Gasteiger partial charge in [-0.3, -0.25) is 0 Å². The van der Waals surface area contributed by atoms with E-state index in [-0.39, 0.29) is 0 Å². The lowest BCUT2D eigenvalue weighted by Crippen LogP contribution is -1.86. The predicted octanol–water partition coefficient (Wildman–Crippen LogP) is 3.82. The molecule has 0 bridgehead atoms. The lowest BCUT2D eigenvalue weighted by molar-refractivity contribution is 0.502. The van der Waals surface area contributed by atoms with Crippen molar-refractivity contribution in [3.8, 4) is 11.5 Å². The number of aryl methyl sites for hydroxylation is 2. The van der Waals surface area contributed by atoms with Crippen molar-refractivity contribution < 1.29 is 4.42 Å². The molecule has 0 saturated carbocycles. The van der Waals surface area contributed by atoms with Crippen LogP contribution in [0, 0.1) is 10.5 Å². The first-order chi connectivity index (χ1) is 8.22. The third-order valence-electron chi connectivity index (χ3n) is 2.41. The van der Waals surface area contributed by atoms with Crippen LogP contribution in [0.2, 0.25) is 0 Å². The van der Waals surface area contributed by atoms with Gasteiger partial charge in [0.2, 0.25) is 11.8 Å². The summed E-state index contributed by atoms with van der Waals surface area (Å²) in [7, 11) is 0. The van der Waals surface area contributed by atoms with E-state index in [2.05, 4.69) is 45.8 Å². The summed E-state index contributed by atoms with van der Waals surface area (Å²) < 4.78 is 6.77. The molecule has 0 atom stereocenters. The van der Waals surface area contributed by atoms with Crippen molar-refractivity contribution in [3.63, 3.8) is 0 Å². The van der Waals surface area contributed by atoms with Gasteiger partial charge in [0.05, 0.1) is 5.56 Å². The van der Waals surface area contributed by atoms with Gasteiger partial charge in [-0.25, -0.2) is 0 Å². The molecule has 17 heavy (non-hydrogen) atoms. The van der Waals surface area contributed by atoms with E-state index in [4.69, 9.17) is 16.0 Å². The fourth-order valence-corrected chi connectivity index (χ4v) is 2.22. The summed E-state index contributed by atoms with van der Waals surface area (Å²) in [5, 5.41) is 8.10. The van der Waals surface area contributed by atoms with Gasteiger partial charge in [-0.2, -0.15) is 0 Å². The van der Waals surface area contributed by atoms with E-state index in [0.717, 1.165) is 22.0 Å². The van der Waals surface area contributed by atoms with Crippen LogP contribution in [-0.4, -0.2) is 16.1 Å². The normalized spacial score (nSPS) is 10.8. The number of benzene rings is 1. The Morgan fingerprint density at radius 3 is 2.94 bits per heavy atom. The minimum Gasteiger partial charge on any atom is -0.421 e. The van der Waals surface area contributed by atoms with E-state index < -0.39 is 0 Å². The van der Waals surface area contributed by atoms with Gasteiger partial charge < -0.3 is 4.42 Å². The van der Waals surface area contributed by atoms with Gasteiger partial charge in [0.15, 0.2) is 0 Å². The average molecular weight is 363 g/mol. The molecule has 1 heterocycles. The molecule has 2 aromatic rings. The molecule has 0 fully saturated rings. The molecule has 0 aliphatic carbocycles. The minimum atomic E-state index is 0.586. The summed E-state index contributed by atoms with van der Waals surface area (Å²) in [4.78, 5) is 0. The maximum atomic E-state index is 5.63. The minimum absolute atomic E-state index is 0.586. The zero-order valence-electron chi connectivity index (χ0n) is 9.41. The molecule has 0 radical (unpaired) electrons. The van der Waals surface area contributed by atoms with Crippen molar-refractivity contribution in [1.29, 1.82) is 0 Å². The zero-order chi connectivity index (χ0) is 12.3. The van der Waals surface area contributed by atoms with Crippen LogP contribution in [0.5, 0.6) is 0 Å². The molecule has 3 nitrogen and oxygen atoms in total.